The van der Waals surface area contributed by atoms with Crippen molar-refractivity contribution in [2.75, 3.05) is 6.61 Å². The maximum absolute atomic E-state index is 9.64. The predicted octanol–water partition coefficient (Wildman–Crippen LogP) is 0.322. The molecule has 5 heteroatoms. The predicted molar refractivity (Wildman–Crippen MR) is 35.8 cm³/mol. The fourth-order valence-electron chi connectivity index (χ4n) is 0.611. The highest BCUT2D eigenvalue weighted by Gasteiger charge is 2.02. The molecule has 2 N–H and O–H groups in total. The van der Waals surface area contributed by atoms with Crippen molar-refractivity contribution in [3.8, 4) is 0 Å². The molecule has 0 amide bonds. The van der Waals surface area contributed by atoms with Gasteiger partial charge in [-0.2, -0.15) is 0 Å². The van der Waals surface area contributed by atoms with Crippen molar-refractivity contribution >= 4 is 0 Å². The van der Waals surface area contributed by atoms with Crippen LogP contribution in [0.3, 0.4) is 0 Å². The first-order valence-electron chi connectivity index (χ1n) is 3.19. The van der Waals surface area contributed by atoms with Crippen LogP contribution in [0.5, 0.6) is 0 Å². The van der Waals surface area contributed by atoms with Crippen LogP contribution >= 0.6 is 0 Å². The van der Waals surface area contributed by atoms with Crippen LogP contribution in [0, 0.1) is 10.1 Å². The first-order chi connectivity index (χ1) is 4.66. The summed E-state index contributed by atoms with van der Waals surface area (Å²) in [4.78, 5) is 13.7. The van der Waals surface area contributed by atoms with Gasteiger partial charge in [-0.3, -0.25) is 0 Å². The van der Waals surface area contributed by atoms with Crippen LogP contribution in [0.2, 0.25) is 0 Å². The van der Waals surface area contributed by atoms with Gasteiger partial charge >= 0.3 is 0 Å². The van der Waals surface area contributed by atoms with E-state index in [1.54, 1.807) is 0 Å². The zero-order valence-electron chi connectivity index (χ0n) is 5.95. The Kier molecular flexibility index (Phi) is 4.57. The minimum absolute atomic E-state index is 0.000833. The van der Waals surface area contributed by atoms with Gasteiger partial charge in [-0.25, -0.2) is 0 Å². The van der Waals surface area contributed by atoms with Gasteiger partial charge in [0.15, 0.2) is 0 Å². The maximum atomic E-state index is 9.64. The quantitative estimate of drug-likeness (QED) is 0.450. The van der Waals surface area contributed by atoms with Crippen molar-refractivity contribution in [3.05, 3.63) is 10.1 Å². The standard InChI is InChI=1S/C5H12N2O3/c1-2-3-5(6)4-10-7(8)9/h5H,2-4,6H2,1H3. The fourth-order valence-corrected chi connectivity index (χ4v) is 0.611. The Morgan fingerprint density at radius 3 is 2.80 bits per heavy atom. The summed E-state index contributed by atoms with van der Waals surface area (Å²) in [6, 6.07) is -0.213. The molecule has 1 atom stereocenters. The summed E-state index contributed by atoms with van der Waals surface area (Å²) in [7, 11) is 0. The lowest BCUT2D eigenvalue weighted by molar-refractivity contribution is -0.758. The van der Waals surface area contributed by atoms with Crippen LogP contribution in [0.1, 0.15) is 19.8 Å². The van der Waals surface area contributed by atoms with Gasteiger partial charge in [0.25, 0.3) is 5.09 Å². The molecule has 0 rings (SSSR count). The average molecular weight is 148 g/mol. The molecule has 0 saturated carbocycles. The lowest BCUT2D eigenvalue weighted by Gasteiger charge is -2.06. The summed E-state index contributed by atoms with van der Waals surface area (Å²) in [5.41, 5.74) is 5.40. The largest absolute Gasteiger partial charge is 0.326 e. The average Bonchev–Trinajstić information content (AvgIpc) is 1.85. The van der Waals surface area contributed by atoms with Gasteiger partial charge in [-0.1, -0.05) is 13.3 Å². The molecular formula is C5H12N2O3. The highest BCUT2D eigenvalue weighted by molar-refractivity contribution is 4.56. The Hall–Kier alpha value is -0.840. The first-order valence-corrected chi connectivity index (χ1v) is 3.19. The minimum Gasteiger partial charge on any atom is -0.326 e. The lowest BCUT2D eigenvalue weighted by Crippen LogP contribution is -2.27. The Morgan fingerprint density at radius 2 is 2.40 bits per heavy atom. The van der Waals surface area contributed by atoms with E-state index in [0.717, 1.165) is 12.8 Å². The summed E-state index contributed by atoms with van der Waals surface area (Å²) in [6.07, 6.45) is 1.68. The summed E-state index contributed by atoms with van der Waals surface area (Å²) < 4.78 is 0. The van der Waals surface area contributed by atoms with Gasteiger partial charge in [-0.15, -0.1) is 10.1 Å². The summed E-state index contributed by atoms with van der Waals surface area (Å²) in [5.74, 6) is 0. The van der Waals surface area contributed by atoms with Crippen molar-refractivity contribution in [1.82, 2.24) is 0 Å². The van der Waals surface area contributed by atoms with Crippen LogP contribution < -0.4 is 5.73 Å². The summed E-state index contributed by atoms with van der Waals surface area (Å²) in [5, 5.41) is 8.81. The molecule has 5 nitrogen and oxygen atoms in total. The van der Waals surface area contributed by atoms with E-state index in [9.17, 15) is 10.1 Å². The molecule has 0 aromatic rings. The number of nitrogens with two attached hydrogens (primary N) is 1. The number of hydrogen-bond acceptors (Lipinski definition) is 4. The molecule has 0 aliphatic heterocycles. The molecule has 0 fully saturated rings. The Balaban J connectivity index is 3.21. The van der Waals surface area contributed by atoms with Crippen molar-refractivity contribution in [2.45, 2.75) is 25.8 Å². The third-order valence-corrected chi connectivity index (χ3v) is 1.05. The second-order valence-corrected chi connectivity index (χ2v) is 2.07. The molecule has 0 aliphatic rings. The van der Waals surface area contributed by atoms with Crippen LogP contribution in [0.25, 0.3) is 0 Å². The van der Waals surface area contributed by atoms with E-state index < -0.39 is 5.09 Å². The van der Waals surface area contributed by atoms with E-state index in [-0.39, 0.29) is 12.6 Å². The molecular weight excluding hydrogens is 136 g/mol. The van der Waals surface area contributed by atoms with E-state index in [4.69, 9.17) is 5.73 Å². The van der Waals surface area contributed by atoms with E-state index in [1.807, 2.05) is 6.92 Å². The van der Waals surface area contributed by atoms with Crippen molar-refractivity contribution < 1.29 is 9.92 Å². The van der Waals surface area contributed by atoms with Crippen molar-refractivity contribution in [2.24, 2.45) is 5.73 Å². The van der Waals surface area contributed by atoms with E-state index in [2.05, 4.69) is 4.84 Å². The van der Waals surface area contributed by atoms with E-state index in [1.165, 1.54) is 0 Å². The first kappa shape index (κ1) is 9.16. The molecule has 0 aromatic carbocycles. The van der Waals surface area contributed by atoms with E-state index >= 15 is 0 Å². The van der Waals surface area contributed by atoms with Crippen molar-refractivity contribution in [3.63, 3.8) is 0 Å². The molecule has 1 unspecified atom stereocenters. The molecule has 0 aliphatic carbocycles. The normalized spacial score (nSPS) is 12.6. The zero-order chi connectivity index (χ0) is 7.98. The Morgan fingerprint density at radius 1 is 1.80 bits per heavy atom. The SMILES string of the molecule is CCCC(N)CO[N+](=O)[O-]. The van der Waals surface area contributed by atoms with Gasteiger partial charge in [0.2, 0.25) is 0 Å². The monoisotopic (exact) mass is 148 g/mol. The highest BCUT2D eigenvalue weighted by atomic mass is 16.9. The molecule has 0 saturated heterocycles. The lowest BCUT2D eigenvalue weighted by atomic mass is 10.2. The minimum atomic E-state index is -0.824. The third-order valence-electron chi connectivity index (χ3n) is 1.05. The van der Waals surface area contributed by atoms with Crippen LogP contribution in [-0.4, -0.2) is 17.7 Å². The molecule has 0 aromatic heterocycles. The number of rotatable bonds is 5. The van der Waals surface area contributed by atoms with Crippen LogP contribution in [-0.2, 0) is 4.84 Å². The molecule has 0 radical (unpaired) electrons. The van der Waals surface area contributed by atoms with Gasteiger partial charge in [0.05, 0.1) is 0 Å². The van der Waals surface area contributed by atoms with E-state index in [0.29, 0.717) is 0 Å². The van der Waals surface area contributed by atoms with Crippen LogP contribution in [0.15, 0.2) is 0 Å². The molecule has 10 heavy (non-hydrogen) atoms. The van der Waals surface area contributed by atoms with Crippen molar-refractivity contribution in [1.29, 1.82) is 0 Å². The van der Waals surface area contributed by atoms with Gasteiger partial charge in [0.1, 0.15) is 6.61 Å². The Bertz CT molecular complexity index is 107. The topological polar surface area (TPSA) is 78.4 Å². The second kappa shape index (κ2) is 4.99. The molecule has 0 spiro atoms. The number of nitrogens with zero attached hydrogens (tertiary/aromatic N) is 1. The zero-order valence-corrected chi connectivity index (χ0v) is 5.95. The van der Waals surface area contributed by atoms with Gasteiger partial charge in [0, 0.05) is 6.04 Å². The number of hydrogen-bond donors (Lipinski definition) is 1. The molecule has 0 bridgehead atoms. The van der Waals surface area contributed by atoms with Gasteiger partial charge < -0.3 is 10.6 Å². The Labute approximate surface area is 59.3 Å². The molecule has 0 heterocycles. The molecule has 60 valence electrons. The highest BCUT2D eigenvalue weighted by Crippen LogP contribution is 1.93. The smallest absolute Gasteiger partial charge is 0.294 e. The van der Waals surface area contributed by atoms with Crippen LogP contribution in [0.4, 0.5) is 0 Å². The maximum Gasteiger partial charge on any atom is 0.294 e. The fraction of sp³-hybridized carbons (Fsp3) is 1.00. The summed E-state index contributed by atoms with van der Waals surface area (Å²) in [6.45, 7) is 1.97. The van der Waals surface area contributed by atoms with Gasteiger partial charge in [-0.05, 0) is 6.42 Å². The summed E-state index contributed by atoms with van der Waals surface area (Å²) >= 11 is 0. The third kappa shape index (κ3) is 5.30. The second-order valence-electron chi connectivity index (χ2n) is 2.07.